The van der Waals surface area contributed by atoms with Gasteiger partial charge in [0.2, 0.25) is 0 Å². The minimum Gasteiger partial charge on any atom is -0.469 e. The highest BCUT2D eigenvalue weighted by atomic mass is 32.1. The number of carbonyl (C=O) groups is 2. The lowest BCUT2D eigenvalue weighted by atomic mass is 9.87. The largest absolute Gasteiger partial charge is 0.469 e. The van der Waals surface area contributed by atoms with Crippen molar-refractivity contribution < 1.29 is 19.1 Å². The van der Waals surface area contributed by atoms with Gasteiger partial charge in [0.25, 0.3) is 0 Å². The van der Waals surface area contributed by atoms with E-state index in [0.717, 1.165) is 12.8 Å². The van der Waals surface area contributed by atoms with Crippen molar-refractivity contribution in [1.82, 2.24) is 4.90 Å². The summed E-state index contributed by atoms with van der Waals surface area (Å²) in [6.45, 7) is 0. The quantitative estimate of drug-likeness (QED) is 0.495. The SMILES string of the molecule is COC(=O)C1C(OC(=O)Nc2ccc(N=C=S)cc2)C[C@H]2CCC1N2C. The smallest absolute Gasteiger partial charge is 0.411 e. The van der Waals surface area contributed by atoms with Crippen LogP contribution in [0.2, 0.25) is 0 Å². The van der Waals surface area contributed by atoms with Gasteiger partial charge in [-0.1, -0.05) is 0 Å². The molecule has 4 atom stereocenters. The lowest BCUT2D eigenvalue weighted by Gasteiger charge is -2.40. The Bertz CT molecular complexity index is 732. The number of esters is 1. The third-order valence-electron chi connectivity index (χ3n) is 5.23. The van der Waals surface area contributed by atoms with Gasteiger partial charge in [0, 0.05) is 24.2 Å². The van der Waals surface area contributed by atoms with Crippen LogP contribution in [0.1, 0.15) is 19.3 Å². The summed E-state index contributed by atoms with van der Waals surface area (Å²) in [4.78, 5) is 30.6. The molecule has 2 aliphatic rings. The molecule has 0 spiro atoms. The molecule has 7 nitrogen and oxygen atoms in total. The van der Waals surface area contributed by atoms with Gasteiger partial charge < -0.3 is 9.47 Å². The van der Waals surface area contributed by atoms with E-state index in [-0.39, 0.29) is 12.0 Å². The van der Waals surface area contributed by atoms with Gasteiger partial charge in [0.05, 0.1) is 18.0 Å². The van der Waals surface area contributed by atoms with Crippen molar-refractivity contribution in [2.75, 3.05) is 19.5 Å². The average Bonchev–Trinajstić information content (AvgIpc) is 2.87. The average molecular weight is 375 g/mol. The summed E-state index contributed by atoms with van der Waals surface area (Å²) in [7, 11) is 3.38. The predicted octanol–water partition coefficient (Wildman–Crippen LogP) is 2.99. The van der Waals surface area contributed by atoms with E-state index in [1.165, 1.54) is 7.11 Å². The zero-order chi connectivity index (χ0) is 18.7. The number of piperidine rings is 1. The van der Waals surface area contributed by atoms with Gasteiger partial charge in [-0.05, 0) is 56.4 Å². The summed E-state index contributed by atoms with van der Waals surface area (Å²) < 4.78 is 10.6. The zero-order valence-corrected chi connectivity index (χ0v) is 15.5. The van der Waals surface area contributed by atoms with Crippen molar-refractivity contribution >= 4 is 40.8 Å². The van der Waals surface area contributed by atoms with E-state index >= 15 is 0 Å². The van der Waals surface area contributed by atoms with E-state index in [9.17, 15) is 9.59 Å². The minimum atomic E-state index is -0.584. The molecular weight excluding hydrogens is 354 g/mol. The molecule has 26 heavy (non-hydrogen) atoms. The van der Waals surface area contributed by atoms with Crippen LogP contribution < -0.4 is 5.32 Å². The number of benzene rings is 1. The van der Waals surface area contributed by atoms with Crippen molar-refractivity contribution in [2.45, 2.75) is 37.5 Å². The van der Waals surface area contributed by atoms with Gasteiger partial charge in [0.1, 0.15) is 12.0 Å². The third kappa shape index (κ3) is 3.77. The topological polar surface area (TPSA) is 80.2 Å². The number of carbonyl (C=O) groups excluding carboxylic acids is 2. The molecule has 8 heteroatoms. The number of thiocarbonyl (C=S) groups is 1. The van der Waals surface area contributed by atoms with Crippen LogP contribution in [-0.2, 0) is 14.3 Å². The van der Waals surface area contributed by atoms with E-state index in [4.69, 9.17) is 9.47 Å². The van der Waals surface area contributed by atoms with Crippen LogP contribution in [0.4, 0.5) is 16.2 Å². The number of hydrogen-bond donors (Lipinski definition) is 1. The van der Waals surface area contributed by atoms with Gasteiger partial charge in [-0.2, -0.15) is 4.99 Å². The summed E-state index contributed by atoms with van der Waals surface area (Å²) in [5, 5.41) is 4.97. The van der Waals surface area contributed by atoms with Gasteiger partial charge in [-0.3, -0.25) is 15.0 Å². The van der Waals surface area contributed by atoms with Crippen molar-refractivity contribution in [2.24, 2.45) is 10.9 Å². The Morgan fingerprint density at radius 3 is 2.69 bits per heavy atom. The molecule has 2 bridgehead atoms. The van der Waals surface area contributed by atoms with Gasteiger partial charge >= 0.3 is 12.1 Å². The summed E-state index contributed by atoms with van der Waals surface area (Å²) in [6, 6.07) is 7.19. The molecule has 0 saturated carbocycles. The van der Waals surface area contributed by atoms with Crippen molar-refractivity contribution in [3.63, 3.8) is 0 Å². The molecule has 0 aromatic heterocycles. The molecule has 1 N–H and O–H groups in total. The first-order valence-electron chi connectivity index (χ1n) is 8.49. The maximum atomic E-state index is 12.3. The first kappa shape index (κ1) is 18.5. The monoisotopic (exact) mass is 375 g/mol. The maximum absolute atomic E-state index is 12.3. The molecule has 138 valence electrons. The molecule has 1 aromatic carbocycles. The van der Waals surface area contributed by atoms with Gasteiger partial charge in [-0.25, -0.2) is 4.79 Å². The molecule has 2 saturated heterocycles. The summed E-state index contributed by atoms with van der Waals surface area (Å²) in [6.07, 6.45) is 1.46. The number of fused-ring (bicyclic) bond motifs is 2. The molecule has 0 aliphatic carbocycles. The molecule has 2 aliphatic heterocycles. The number of hydrogen-bond acceptors (Lipinski definition) is 7. The Kier molecular flexibility index (Phi) is 5.66. The van der Waals surface area contributed by atoms with Crippen LogP contribution in [0.3, 0.4) is 0 Å². The summed E-state index contributed by atoms with van der Waals surface area (Å²) in [5.74, 6) is -0.795. The molecule has 0 radical (unpaired) electrons. The Morgan fingerprint density at radius 2 is 2.04 bits per heavy atom. The molecule has 2 fully saturated rings. The lowest BCUT2D eigenvalue weighted by Crippen LogP contribution is -2.53. The number of isothiocyanates is 1. The Balaban J connectivity index is 1.67. The van der Waals surface area contributed by atoms with E-state index in [1.807, 2.05) is 7.05 Å². The van der Waals surface area contributed by atoms with E-state index < -0.39 is 18.1 Å². The van der Waals surface area contributed by atoms with Gasteiger partial charge in [-0.15, -0.1) is 0 Å². The Morgan fingerprint density at radius 1 is 1.31 bits per heavy atom. The van der Waals surface area contributed by atoms with Crippen LogP contribution in [0, 0.1) is 5.92 Å². The number of anilines is 1. The second-order valence-corrected chi connectivity index (χ2v) is 6.75. The number of rotatable bonds is 4. The maximum Gasteiger partial charge on any atom is 0.411 e. The normalized spacial score (nSPS) is 27.3. The zero-order valence-electron chi connectivity index (χ0n) is 14.7. The number of aliphatic imine (C=N–C) groups is 1. The molecule has 2 heterocycles. The fraction of sp³-hybridized carbons (Fsp3) is 0.500. The molecule has 3 rings (SSSR count). The van der Waals surface area contributed by atoms with Crippen LogP contribution in [0.5, 0.6) is 0 Å². The minimum absolute atomic E-state index is 0.0470. The predicted molar refractivity (Wildman–Crippen MR) is 99.7 cm³/mol. The molecule has 3 unspecified atom stereocenters. The van der Waals surface area contributed by atoms with E-state index in [0.29, 0.717) is 23.8 Å². The second kappa shape index (κ2) is 7.95. The van der Waals surface area contributed by atoms with Gasteiger partial charge in [0.15, 0.2) is 0 Å². The standard InChI is InChI=1S/C18H21N3O4S/c1-21-13-7-8-14(21)16(17(22)24-2)15(9-13)25-18(23)20-12-5-3-11(4-6-12)19-10-26/h3-6,13-16H,7-9H2,1-2H3,(H,20,23)/t13-,14?,15?,16?/m1/s1. The number of nitrogens with zero attached hydrogens (tertiary/aromatic N) is 2. The fourth-order valence-electron chi connectivity index (χ4n) is 3.94. The van der Waals surface area contributed by atoms with Crippen LogP contribution >= 0.6 is 12.2 Å². The first-order chi connectivity index (χ1) is 12.5. The lowest BCUT2D eigenvalue weighted by molar-refractivity contribution is -0.155. The molecule has 1 aromatic rings. The number of amides is 1. The Hall–Kier alpha value is -2.28. The fourth-order valence-corrected chi connectivity index (χ4v) is 4.05. The second-order valence-electron chi connectivity index (χ2n) is 6.57. The van der Waals surface area contributed by atoms with Crippen LogP contribution in [0.25, 0.3) is 0 Å². The van der Waals surface area contributed by atoms with Crippen molar-refractivity contribution in [1.29, 1.82) is 0 Å². The van der Waals surface area contributed by atoms with E-state index in [2.05, 4.69) is 32.6 Å². The highest BCUT2D eigenvalue weighted by Gasteiger charge is 2.50. The highest BCUT2D eigenvalue weighted by Crippen LogP contribution is 2.40. The Labute approximate surface area is 157 Å². The van der Waals surface area contributed by atoms with E-state index in [1.54, 1.807) is 24.3 Å². The third-order valence-corrected chi connectivity index (χ3v) is 5.33. The van der Waals surface area contributed by atoms with Crippen LogP contribution in [-0.4, -0.2) is 54.5 Å². The molecule has 1 amide bonds. The van der Waals surface area contributed by atoms with Crippen molar-refractivity contribution in [3.05, 3.63) is 24.3 Å². The molecular formula is C18H21N3O4S. The van der Waals surface area contributed by atoms with Crippen LogP contribution in [0.15, 0.2) is 29.3 Å². The highest BCUT2D eigenvalue weighted by molar-refractivity contribution is 7.78. The number of nitrogens with one attached hydrogen (secondary N) is 1. The van der Waals surface area contributed by atoms with Crippen molar-refractivity contribution in [3.8, 4) is 0 Å². The summed E-state index contributed by atoms with van der Waals surface area (Å²) in [5.41, 5.74) is 1.22. The number of ether oxygens (including phenoxy) is 2. The number of methoxy groups -OCH3 is 1. The summed E-state index contributed by atoms with van der Waals surface area (Å²) >= 11 is 4.55. The first-order valence-corrected chi connectivity index (χ1v) is 8.89.